The number of hydrogen-bond acceptors (Lipinski definition) is 2. The number of benzene rings is 2. The molecule has 0 saturated carbocycles. The van der Waals surface area contributed by atoms with Crippen LogP contribution < -0.4 is 10.1 Å². The van der Waals surface area contributed by atoms with E-state index in [1.807, 2.05) is 49.4 Å². The van der Waals surface area contributed by atoms with Gasteiger partial charge in [0.25, 0.3) is 0 Å². The molecule has 0 unspecified atom stereocenters. The van der Waals surface area contributed by atoms with Crippen molar-refractivity contribution in [2.75, 3.05) is 7.11 Å². The summed E-state index contributed by atoms with van der Waals surface area (Å²) in [4.78, 5) is 12.1. The van der Waals surface area contributed by atoms with Gasteiger partial charge in [0, 0.05) is 6.08 Å². The Hall–Kier alpha value is -2.55. The lowest BCUT2D eigenvalue weighted by Gasteiger charge is -2.18. The van der Waals surface area contributed by atoms with E-state index in [1.54, 1.807) is 13.2 Å². The number of carbonyl (C=O) groups excluding carboxylic acids is 1. The minimum absolute atomic E-state index is 0.0636. The highest BCUT2D eigenvalue weighted by Gasteiger charge is 2.12. The standard InChI is InChI=1S/C22H27NO2/c1-16(18-9-13-20(25-5)14-10-18)23-21(24)15-8-17-6-11-19(12-7-17)22(2,3)4/h6-16H,1-5H3,(H,23,24)/b15-8+/t16-/m1/s1. The summed E-state index contributed by atoms with van der Waals surface area (Å²) in [6.45, 7) is 8.52. The van der Waals surface area contributed by atoms with Gasteiger partial charge >= 0.3 is 0 Å². The van der Waals surface area contributed by atoms with Gasteiger partial charge in [0.1, 0.15) is 5.75 Å². The largest absolute Gasteiger partial charge is 0.497 e. The van der Waals surface area contributed by atoms with Crippen molar-refractivity contribution in [2.45, 2.75) is 39.2 Å². The molecule has 0 bridgehead atoms. The summed E-state index contributed by atoms with van der Waals surface area (Å²) in [5.41, 5.74) is 3.47. The minimum atomic E-state index is -0.108. The number of methoxy groups -OCH3 is 1. The maximum absolute atomic E-state index is 12.1. The molecule has 0 aromatic heterocycles. The second kappa shape index (κ2) is 8.02. The highest BCUT2D eigenvalue weighted by atomic mass is 16.5. The van der Waals surface area contributed by atoms with Crippen LogP contribution in [0.2, 0.25) is 0 Å². The second-order valence-electron chi connectivity index (χ2n) is 7.21. The van der Waals surface area contributed by atoms with E-state index in [0.717, 1.165) is 16.9 Å². The number of hydrogen-bond donors (Lipinski definition) is 1. The van der Waals surface area contributed by atoms with Gasteiger partial charge in [0.2, 0.25) is 5.91 Å². The summed E-state index contributed by atoms with van der Waals surface area (Å²) < 4.78 is 5.15. The van der Waals surface area contributed by atoms with E-state index in [9.17, 15) is 4.79 Å². The van der Waals surface area contributed by atoms with Crippen LogP contribution in [0.15, 0.2) is 54.6 Å². The monoisotopic (exact) mass is 337 g/mol. The van der Waals surface area contributed by atoms with Gasteiger partial charge in [-0.3, -0.25) is 4.79 Å². The molecular weight excluding hydrogens is 310 g/mol. The van der Waals surface area contributed by atoms with Crippen LogP contribution in [0, 0.1) is 0 Å². The zero-order valence-electron chi connectivity index (χ0n) is 15.7. The summed E-state index contributed by atoms with van der Waals surface area (Å²) in [6, 6.07) is 15.9. The first-order valence-corrected chi connectivity index (χ1v) is 8.52. The maximum Gasteiger partial charge on any atom is 0.244 e. The number of ether oxygens (including phenoxy) is 1. The quantitative estimate of drug-likeness (QED) is 0.789. The summed E-state index contributed by atoms with van der Waals surface area (Å²) in [5.74, 6) is 0.698. The lowest BCUT2D eigenvalue weighted by Crippen LogP contribution is -2.24. The summed E-state index contributed by atoms with van der Waals surface area (Å²) >= 11 is 0. The molecule has 1 N–H and O–H groups in total. The van der Waals surface area contributed by atoms with Crippen molar-refractivity contribution in [1.82, 2.24) is 5.32 Å². The maximum atomic E-state index is 12.1. The predicted molar refractivity (Wildman–Crippen MR) is 104 cm³/mol. The Morgan fingerprint density at radius 2 is 1.64 bits per heavy atom. The van der Waals surface area contributed by atoms with Crippen molar-refractivity contribution in [3.05, 3.63) is 71.3 Å². The van der Waals surface area contributed by atoms with Gasteiger partial charge in [-0.2, -0.15) is 0 Å². The van der Waals surface area contributed by atoms with Crippen LogP contribution in [-0.4, -0.2) is 13.0 Å². The lowest BCUT2D eigenvalue weighted by molar-refractivity contribution is -0.117. The van der Waals surface area contributed by atoms with Gasteiger partial charge in [0.15, 0.2) is 0 Å². The van der Waals surface area contributed by atoms with E-state index in [2.05, 4.69) is 38.2 Å². The van der Waals surface area contributed by atoms with E-state index in [4.69, 9.17) is 4.74 Å². The van der Waals surface area contributed by atoms with Crippen LogP contribution in [0.5, 0.6) is 5.75 Å². The van der Waals surface area contributed by atoms with Crippen molar-refractivity contribution in [3.63, 3.8) is 0 Å². The molecule has 3 heteroatoms. The molecule has 132 valence electrons. The molecule has 0 fully saturated rings. The van der Waals surface area contributed by atoms with Gasteiger partial charge in [-0.1, -0.05) is 57.2 Å². The van der Waals surface area contributed by atoms with Gasteiger partial charge in [-0.25, -0.2) is 0 Å². The molecule has 0 radical (unpaired) electrons. The molecule has 2 aromatic rings. The van der Waals surface area contributed by atoms with E-state index in [0.29, 0.717) is 0 Å². The van der Waals surface area contributed by atoms with Crippen LogP contribution in [0.4, 0.5) is 0 Å². The molecule has 2 aromatic carbocycles. The fraction of sp³-hybridized carbons (Fsp3) is 0.318. The second-order valence-corrected chi connectivity index (χ2v) is 7.21. The van der Waals surface area contributed by atoms with Crippen molar-refractivity contribution < 1.29 is 9.53 Å². The number of carbonyl (C=O) groups is 1. The average Bonchev–Trinajstić information content (AvgIpc) is 2.59. The number of rotatable bonds is 5. The molecule has 0 spiro atoms. The first kappa shape index (κ1) is 18.8. The summed E-state index contributed by atoms with van der Waals surface area (Å²) in [7, 11) is 1.64. The van der Waals surface area contributed by atoms with E-state index in [1.165, 1.54) is 5.56 Å². The average molecular weight is 337 g/mol. The van der Waals surface area contributed by atoms with Crippen LogP contribution in [0.25, 0.3) is 6.08 Å². The third-order valence-corrected chi connectivity index (χ3v) is 4.18. The Labute approximate surface area is 150 Å². The molecular formula is C22H27NO2. The molecule has 3 nitrogen and oxygen atoms in total. The van der Waals surface area contributed by atoms with Gasteiger partial charge in [-0.05, 0) is 47.2 Å². The van der Waals surface area contributed by atoms with Crippen LogP contribution in [0.1, 0.15) is 50.4 Å². The van der Waals surface area contributed by atoms with Crippen molar-refractivity contribution in [3.8, 4) is 5.75 Å². The van der Waals surface area contributed by atoms with E-state index >= 15 is 0 Å². The van der Waals surface area contributed by atoms with E-state index in [-0.39, 0.29) is 17.4 Å². The molecule has 0 aliphatic heterocycles. The topological polar surface area (TPSA) is 38.3 Å². The molecule has 2 rings (SSSR count). The summed E-state index contributed by atoms with van der Waals surface area (Å²) in [6.07, 6.45) is 3.41. The third-order valence-electron chi connectivity index (χ3n) is 4.18. The molecule has 0 heterocycles. The molecule has 0 aliphatic rings. The van der Waals surface area contributed by atoms with Crippen LogP contribution >= 0.6 is 0 Å². The Bertz CT molecular complexity index is 722. The normalized spacial score (nSPS) is 12.8. The third kappa shape index (κ3) is 5.49. The van der Waals surface area contributed by atoms with E-state index < -0.39 is 0 Å². The smallest absolute Gasteiger partial charge is 0.244 e. The Kier molecular flexibility index (Phi) is 6.02. The highest BCUT2D eigenvalue weighted by Crippen LogP contribution is 2.22. The van der Waals surface area contributed by atoms with Gasteiger partial charge in [0.05, 0.1) is 13.2 Å². The van der Waals surface area contributed by atoms with Crippen LogP contribution in [0.3, 0.4) is 0 Å². The van der Waals surface area contributed by atoms with Crippen molar-refractivity contribution >= 4 is 12.0 Å². The molecule has 1 atom stereocenters. The number of nitrogens with one attached hydrogen (secondary N) is 1. The Morgan fingerprint density at radius 3 is 2.16 bits per heavy atom. The molecule has 0 aliphatic carbocycles. The SMILES string of the molecule is COc1ccc([C@@H](C)NC(=O)/C=C/c2ccc(C(C)(C)C)cc2)cc1. The zero-order chi connectivity index (χ0) is 18.4. The highest BCUT2D eigenvalue weighted by molar-refractivity contribution is 5.91. The first-order chi connectivity index (χ1) is 11.8. The zero-order valence-corrected chi connectivity index (χ0v) is 15.7. The molecule has 0 saturated heterocycles. The Balaban J connectivity index is 1.95. The van der Waals surface area contributed by atoms with Gasteiger partial charge < -0.3 is 10.1 Å². The lowest BCUT2D eigenvalue weighted by atomic mass is 9.87. The minimum Gasteiger partial charge on any atom is -0.497 e. The fourth-order valence-corrected chi connectivity index (χ4v) is 2.50. The predicted octanol–water partition coefficient (Wildman–Crippen LogP) is 4.88. The fourth-order valence-electron chi connectivity index (χ4n) is 2.50. The first-order valence-electron chi connectivity index (χ1n) is 8.52. The number of amides is 1. The summed E-state index contributed by atoms with van der Waals surface area (Å²) in [5, 5.41) is 2.97. The van der Waals surface area contributed by atoms with Gasteiger partial charge in [-0.15, -0.1) is 0 Å². The Morgan fingerprint density at radius 1 is 1.04 bits per heavy atom. The van der Waals surface area contributed by atoms with Crippen molar-refractivity contribution in [1.29, 1.82) is 0 Å². The van der Waals surface area contributed by atoms with Crippen molar-refractivity contribution in [2.24, 2.45) is 0 Å². The van der Waals surface area contributed by atoms with Crippen LogP contribution in [-0.2, 0) is 10.2 Å². The molecule has 25 heavy (non-hydrogen) atoms. The molecule has 1 amide bonds.